The minimum absolute atomic E-state index is 0.120. The Morgan fingerprint density at radius 3 is 2.66 bits per heavy atom. The van der Waals surface area contributed by atoms with E-state index in [0.29, 0.717) is 62.3 Å². The third-order valence-corrected chi connectivity index (χ3v) is 6.96. The highest BCUT2D eigenvalue weighted by Gasteiger charge is 2.24. The monoisotopic (exact) mass is 562 g/mol. The lowest BCUT2D eigenvalue weighted by molar-refractivity contribution is 0.201. The maximum absolute atomic E-state index is 13.6. The van der Waals surface area contributed by atoms with Gasteiger partial charge < -0.3 is 25.0 Å². The van der Waals surface area contributed by atoms with Crippen LogP contribution in [0, 0.1) is 17.6 Å². The van der Waals surface area contributed by atoms with Crippen LogP contribution in [0.15, 0.2) is 36.5 Å². The highest BCUT2D eigenvalue weighted by Crippen LogP contribution is 2.39. The number of imidazole rings is 1. The fourth-order valence-electron chi connectivity index (χ4n) is 4.55. The van der Waals surface area contributed by atoms with Gasteiger partial charge in [0.25, 0.3) is 0 Å². The first-order valence-corrected chi connectivity index (χ1v) is 13.0. The smallest absolute Gasteiger partial charge is 0.225 e. The van der Waals surface area contributed by atoms with Crippen LogP contribution < -0.4 is 15.4 Å². The van der Waals surface area contributed by atoms with Gasteiger partial charge in [-0.2, -0.15) is 4.98 Å². The summed E-state index contributed by atoms with van der Waals surface area (Å²) in [5, 5.41) is 16.3. The maximum atomic E-state index is 13.6. The van der Waals surface area contributed by atoms with Crippen molar-refractivity contribution in [3.8, 4) is 17.1 Å². The molecule has 0 unspecified atom stereocenters. The Balaban J connectivity index is 1.52. The number of fused-ring (bicyclic) bond motifs is 1. The molecule has 3 N–H and O–H groups in total. The zero-order valence-corrected chi connectivity index (χ0v) is 21.9. The molecule has 4 aromatic rings. The third kappa shape index (κ3) is 5.83. The lowest BCUT2D eigenvalue weighted by Gasteiger charge is -2.24. The Kier molecular flexibility index (Phi) is 8.23. The summed E-state index contributed by atoms with van der Waals surface area (Å²) in [6, 6.07) is 7.01. The molecule has 0 saturated carbocycles. The average molecular weight is 563 g/mol. The Bertz CT molecular complexity index is 1420. The summed E-state index contributed by atoms with van der Waals surface area (Å²) in [4.78, 5) is 13.9. The Morgan fingerprint density at radius 1 is 1.13 bits per heavy atom. The Labute approximate surface area is 228 Å². The van der Waals surface area contributed by atoms with Gasteiger partial charge in [0.2, 0.25) is 5.95 Å². The molecule has 1 fully saturated rings. The zero-order chi connectivity index (χ0) is 26.6. The number of piperidine rings is 1. The molecular formula is C26H26Cl2F2N6O2. The van der Waals surface area contributed by atoms with Gasteiger partial charge in [0.1, 0.15) is 23.7 Å². The van der Waals surface area contributed by atoms with Gasteiger partial charge in [0, 0.05) is 13.1 Å². The summed E-state index contributed by atoms with van der Waals surface area (Å²) in [6.45, 7) is 2.68. The second kappa shape index (κ2) is 11.8. The van der Waals surface area contributed by atoms with Crippen LogP contribution in [-0.2, 0) is 13.1 Å². The van der Waals surface area contributed by atoms with E-state index in [2.05, 4.69) is 15.6 Å². The third-order valence-electron chi connectivity index (χ3n) is 6.36. The minimum Gasteiger partial charge on any atom is -0.491 e. The normalized spacial score (nSPS) is 15.7. The maximum Gasteiger partial charge on any atom is 0.225 e. The quantitative estimate of drug-likeness (QED) is 0.262. The van der Waals surface area contributed by atoms with Crippen molar-refractivity contribution >= 4 is 40.3 Å². The summed E-state index contributed by atoms with van der Waals surface area (Å²) in [6.07, 6.45) is 3.73. The van der Waals surface area contributed by atoms with Crippen LogP contribution >= 0.6 is 23.2 Å². The number of aromatic nitrogens is 4. The van der Waals surface area contributed by atoms with Crippen molar-refractivity contribution in [2.75, 3.05) is 31.6 Å². The number of hydrogen-bond donors (Lipinski definition) is 3. The molecule has 1 atom stereocenters. The SMILES string of the molecule is OCCOc1cc(Cl)c(-c2nc3cnc(NCc4ccc(F)c(F)c4)nc3n2C[C@@H]2CCCNC2)c(Cl)c1. The van der Waals surface area contributed by atoms with E-state index >= 15 is 0 Å². The second-order valence-corrected chi connectivity index (χ2v) is 9.91. The number of aliphatic hydroxyl groups is 1. The van der Waals surface area contributed by atoms with Crippen LogP contribution in [0.4, 0.5) is 14.7 Å². The van der Waals surface area contributed by atoms with Crippen LogP contribution in [0.5, 0.6) is 5.75 Å². The number of ether oxygens (including phenoxy) is 1. The highest BCUT2D eigenvalue weighted by atomic mass is 35.5. The molecular weight excluding hydrogens is 537 g/mol. The molecule has 0 aliphatic carbocycles. The first-order valence-electron chi connectivity index (χ1n) is 12.3. The topological polar surface area (TPSA) is 97.1 Å². The molecule has 38 heavy (non-hydrogen) atoms. The molecule has 0 bridgehead atoms. The Hall–Kier alpha value is -3.05. The predicted molar refractivity (Wildman–Crippen MR) is 143 cm³/mol. The number of anilines is 1. The van der Waals surface area contributed by atoms with Crippen LogP contribution in [0.1, 0.15) is 18.4 Å². The molecule has 5 rings (SSSR count). The molecule has 0 spiro atoms. The molecule has 3 heterocycles. The van der Waals surface area contributed by atoms with E-state index in [-0.39, 0.29) is 19.8 Å². The molecule has 2 aromatic carbocycles. The lowest BCUT2D eigenvalue weighted by Crippen LogP contribution is -2.32. The number of rotatable bonds is 9. The van der Waals surface area contributed by atoms with Crippen molar-refractivity contribution in [2.24, 2.45) is 5.92 Å². The number of nitrogens with one attached hydrogen (secondary N) is 2. The minimum atomic E-state index is -0.911. The molecule has 1 saturated heterocycles. The van der Waals surface area contributed by atoms with E-state index in [0.717, 1.165) is 38.1 Å². The fourth-order valence-corrected chi connectivity index (χ4v) is 5.18. The van der Waals surface area contributed by atoms with Crippen molar-refractivity contribution in [3.05, 3.63) is 63.8 Å². The van der Waals surface area contributed by atoms with Crippen LogP contribution in [0.2, 0.25) is 10.0 Å². The van der Waals surface area contributed by atoms with Gasteiger partial charge >= 0.3 is 0 Å². The average Bonchev–Trinajstić information content (AvgIpc) is 3.25. The predicted octanol–water partition coefficient (Wildman–Crippen LogP) is 5.06. The zero-order valence-electron chi connectivity index (χ0n) is 20.4. The molecule has 200 valence electrons. The van der Waals surface area contributed by atoms with Crippen molar-refractivity contribution in [3.63, 3.8) is 0 Å². The van der Waals surface area contributed by atoms with Crippen molar-refractivity contribution < 1.29 is 18.6 Å². The summed E-state index contributed by atoms with van der Waals surface area (Å²) in [5.74, 6) is -0.141. The van der Waals surface area contributed by atoms with Crippen LogP contribution in [0.25, 0.3) is 22.6 Å². The largest absolute Gasteiger partial charge is 0.491 e. The van der Waals surface area contributed by atoms with E-state index in [4.69, 9.17) is 43.0 Å². The van der Waals surface area contributed by atoms with Crippen LogP contribution in [0.3, 0.4) is 0 Å². The molecule has 0 radical (unpaired) electrons. The van der Waals surface area contributed by atoms with Gasteiger partial charge in [0.05, 0.1) is 28.4 Å². The van der Waals surface area contributed by atoms with Gasteiger partial charge in [-0.25, -0.2) is 18.7 Å². The summed E-state index contributed by atoms with van der Waals surface area (Å²) in [5.41, 5.74) is 2.26. The van der Waals surface area contributed by atoms with E-state index in [9.17, 15) is 8.78 Å². The van der Waals surface area contributed by atoms with Crippen molar-refractivity contribution in [2.45, 2.75) is 25.9 Å². The molecule has 2 aromatic heterocycles. The second-order valence-electron chi connectivity index (χ2n) is 9.10. The van der Waals surface area contributed by atoms with Gasteiger partial charge in [-0.1, -0.05) is 29.3 Å². The fraction of sp³-hybridized carbons (Fsp3) is 0.346. The number of hydrogen-bond acceptors (Lipinski definition) is 7. The van der Waals surface area contributed by atoms with Crippen molar-refractivity contribution in [1.29, 1.82) is 0 Å². The highest BCUT2D eigenvalue weighted by molar-refractivity contribution is 6.39. The molecule has 1 aliphatic heterocycles. The Morgan fingerprint density at radius 2 is 1.95 bits per heavy atom. The number of aliphatic hydroxyl groups excluding tert-OH is 1. The first kappa shape index (κ1) is 26.6. The number of benzene rings is 2. The van der Waals surface area contributed by atoms with E-state index in [1.54, 1.807) is 18.3 Å². The van der Waals surface area contributed by atoms with E-state index in [1.165, 1.54) is 6.07 Å². The molecule has 0 amide bonds. The number of halogens is 4. The number of nitrogens with zero attached hydrogens (tertiary/aromatic N) is 4. The van der Waals surface area contributed by atoms with Gasteiger partial charge in [-0.15, -0.1) is 0 Å². The summed E-state index contributed by atoms with van der Waals surface area (Å²) >= 11 is 13.3. The molecule has 12 heteroatoms. The lowest BCUT2D eigenvalue weighted by atomic mass is 9.99. The van der Waals surface area contributed by atoms with Crippen LogP contribution in [-0.4, -0.2) is 50.9 Å². The van der Waals surface area contributed by atoms with Gasteiger partial charge in [-0.3, -0.25) is 0 Å². The van der Waals surface area contributed by atoms with Gasteiger partial charge in [0.15, 0.2) is 17.3 Å². The molecule has 1 aliphatic rings. The van der Waals surface area contributed by atoms with E-state index in [1.807, 2.05) is 4.57 Å². The molecule has 8 nitrogen and oxygen atoms in total. The van der Waals surface area contributed by atoms with E-state index < -0.39 is 11.6 Å². The first-order chi connectivity index (χ1) is 18.4. The van der Waals surface area contributed by atoms with Crippen molar-refractivity contribution in [1.82, 2.24) is 24.8 Å². The summed E-state index contributed by atoms with van der Waals surface area (Å²) in [7, 11) is 0. The summed E-state index contributed by atoms with van der Waals surface area (Å²) < 4.78 is 34.4. The standard InChI is InChI=1S/C26H26Cl2F2N6O2/c27-18-9-17(38-7-6-37)10-19(28)23(18)25-34-22-13-33-26(32-12-15-3-4-20(29)21(30)8-15)35-24(22)36(25)14-16-2-1-5-31-11-16/h3-4,8-10,13,16,31,37H,1-2,5-7,11-12,14H2,(H,32,33,35)/t16-/m1/s1. The van der Waals surface area contributed by atoms with Gasteiger partial charge in [-0.05, 0) is 61.7 Å².